The van der Waals surface area contributed by atoms with Gasteiger partial charge in [0.1, 0.15) is 0 Å². The van der Waals surface area contributed by atoms with Crippen LogP contribution >= 0.6 is 11.8 Å². The molecule has 0 saturated heterocycles. The fourth-order valence-electron chi connectivity index (χ4n) is 0.876. The third kappa shape index (κ3) is 2.09. The Hall–Kier alpha value is -0.760. The number of hydrogen-bond acceptors (Lipinski definition) is 2. The zero-order valence-electron chi connectivity index (χ0n) is 6.74. The van der Waals surface area contributed by atoms with Crippen molar-refractivity contribution in [1.29, 1.82) is 0 Å². The summed E-state index contributed by atoms with van der Waals surface area (Å²) in [4.78, 5) is 5.46. The van der Waals surface area contributed by atoms with E-state index in [-0.39, 0.29) is 0 Å². The largest absolute Gasteiger partial charge is 0.260 e. The van der Waals surface area contributed by atoms with Crippen molar-refractivity contribution in [3.63, 3.8) is 0 Å². The second-order valence-electron chi connectivity index (χ2n) is 2.06. The lowest BCUT2D eigenvalue weighted by atomic mass is 10.3. The molecular formula is C9H11NS. The fourth-order valence-corrected chi connectivity index (χ4v) is 1.42. The summed E-state index contributed by atoms with van der Waals surface area (Å²) in [6, 6.07) is 8.13. The second-order valence-corrected chi connectivity index (χ2v) is 2.91. The van der Waals surface area contributed by atoms with Crippen molar-refractivity contribution in [2.45, 2.75) is 11.8 Å². The Morgan fingerprint density at radius 3 is 2.73 bits per heavy atom. The number of rotatable bonds is 2. The van der Waals surface area contributed by atoms with E-state index in [0.29, 0.717) is 0 Å². The average Bonchev–Trinajstić information content (AvgIpc) is 2.06. The maximum absolute atomic E-state index is 4.23. The van der Waals surface area contributed by atoms with Crippen LogP contribution in [0.2, 0.25) is 0 Å². The number of thioether (sulfide) groups is 1. The molecule has 1 aromatic carbocycles. The second kappa shape index (κ2) is 4.19. The van der Waals surface area contributed by atoms with Crippen LogP contribution < -0.4 is 0 Å². The molecule has 0 aliphatic heterocycles. The predicted octanol–water partition coefficient (Wildman–Crippen LogP) is 3.13. The maximum atomic E-state index is 4.23. The molecule has 0 saturated carbocycles. The lowest BCUT2D eigenvalue weighted by molar-refractivity contribution is 1.38. The molecule has 0 heterocycles. The van der Waals surface area contributed by atoms with E-state index in [9.17, 15) is 0 Å². The Morgan fingerprint density at radius 2 is 2.09 bits per heavy atom. The van der Waals surface area contributed by atoms with Crippen LogP contribution in [0.25, 0.3) is 0 Å². The molecule has 0 aromatic heterocycles. The van der Waals surface area contributed by atoms with Gasteiger partial charge in [0.25, 0.3) is 0 Å². The van der Waals surface area contributed by atoms with Crippen LogP contribution in [-0.2, 0) is 0 Å². The quantitative estimate of drug-likeness (QED) is 0.484. The molecule has 0 unspecified atom stereocenters. The van der Waals surface area contributed by atoms with Gasteiger partial charge in [0.15, 0.2) is 0 Å². The summed E-state index contributed by atoms with van der Waals surface area (Å²) < 4.78 is 0. The first kappa shape index (κ1) is 8.34. The molecule has 0 aliphatic rings. The Kier molecular flexibility index (Phi) is 3.17. The highest BCUT2D eigenvalue weighted by Gasteiger charge is 1.94. The Labute approximate surface area is 71.5 Å². The van der Waals surface area contributed by atoms with Crippen molar-refractivity contribution in [2.75, 3.05) is 6.26 Å². The standard InChI is InChI=1S/C9H11NS/c1-3-10-8-6-4-5-7-9(8)11-2/h3-7H,1-2H3/b10-3+. The summed E-state index contributed by atoms with van der Waals surface area (Å²) in [6.07, 6.45) is 3.87. The van der Waals surface area contributed by atoms with E-state index in [1.54, 1.807) is 11.8 Å². The third-order valence-electron chi connectivity index (χ3n) is 1.35. The number of benzene rings is 1. The van der Waals surface area contributed by atoms with Crippen LogP contribution in [0.4, 0.5) is 5.69 Å². The van der Waals surface area contributed by atoms with Crippen molar-refractivity contribution in [3.8, 4) is 0 Å². The first-order valence-corrected chi connectivity index (χ1v) is 4.72. The molecule has 1 rings (SSSR count). The van der Waals surface area contributed by atoms with Crippen molar-refractivity contribution in [3.05, 3.63) is 24.3 Å². The van der Waals surface area contributed by atoms with Crippen LogP contribution in [-0.4, -0.2) is 12.5 Å². The average molecular weight is 165 g/mol. The number of para-hydroxylation sites is 1. The Morgan fingerprint density at radius 1 is 1.36 bits per heavy atom. The van der Waals surface area contributed by atoms with Gasteiger partial charge < -0.3 is 0 Å². The Balaban J connectivity index is 3.02. The van der Waals surface area contributed by atoms with Crippen molar-refractivity contribution >= 4 is 23.7 Å². The first-order chi connectivity index (χ1) is 5.38. The van der Waals surface area contributed by atoms with Gasteiger partial charge in [0.05, 0.1) is 5.69 Å². The van der Waals surface area contributed by atoms with Crippen LogP contribution in [0, 0.1) is 0 Å². The third-order valence-corrected chi connectivity index (χ3v) is 2.14. The SMILES string of the molecule is C/C=N/c1ccccc1SC. The molecule has 0 atom stereocenters. The predicted molar refractivity (Wildman–Crippen MR) is 52.0 cm³/mol. The van der Waals surface area contributed by atoms with E-state index in [4.69, 9.17) is 0 Å². The molecule has 0 N–H and O–H groups in total. The molecule has 11 heavy (non-hydrogen) atoms. The van der Waals surface area contributed by atoms with Gasteiger partial charge in [-0.25, -0.2) is 0 Å². The minimum Gasteiger partial charge on any atom is -0.260 e. The highest BCUT2D eigenvalue weighted by molar-refractivity contribution is 7.98. The van der Waals surface area contributed by atoms with Crippen molar-refractivity contribution in [2.24, 2.45) is 4.99 Å². The maximum Gasteiger partial charge on any atom is 0.0761 e. The van der Waals surface area contributed by atoms with Gasteiger partial charge in [-0.15, -0.1) is 11.8 Å². The van der Waals surface area contributed by atoms with E-state index < -0.39 is 0 Å². The summed E-state index contributed by atoms with van der Waals surface area (Å²) in [6.45, 7) is 1.93. The summed E-state index contributed by atoms with van der Waals surface area (Å²) in [5, 5.41) is 0. The number of hydrogen-bond donors (Lipinski definition) is 0. The normalized spacial score (nSPS) is 10.7. The molecule has 2 heteroatoms. The minimum atomic E-state index is 1.06. The summed E-state index contributed by atoms with van der Waals surface area (Å²) in [7, 11) is 0. The molecule has 1 nitrogen and oxygen atoms in total. The summed E-state index contributed by atoms with van der Waals surface area (Å²) in [5.74, 6) is 0. The highest BCUT2D eigenvalue weighted by atomic mass is 32.2. The van der Waals surface area contributed by atoms with Crippen LogP contribution in [0.1, 0.15) is 6.92 Å². The molecule has 0 fully saturated rings. The molecular weight excluding hydrogens is 154 g/mol. The lowest BCUT2D eigenvalue weighted by Crippen LogP contribution is -1.71. The van der Waals surface area contributed by atoms with Gasteiger partial charge in [-0.05, 0) is 25.3 Å². The number of nitrogens with zero attached hydrogens (tertiary/aromatic N) is 1. The first-order valence-electron chi connectivity index (χ1n) is 3.50. The topological polar surface area (TPSA) is 12.4 Å². The van der Waals surface area contributed by atoms with Gasteiger partial charge in [-0.2, -0.15) is 0 Å². The monoisotopic (exact) mass is 165 g/mol. The van der Waals surface area contributed by atoms with E-state index in [2.05, 4.69) is 17.3 Å². The van der Waals surface area contributed by atoms with E-state index >= 15 is 0 Å². The van der Waals surface area contributed by atoms with Gasteiger partial charge >= 0.3 is 0 Å². The molecule has 0 aliphatic carbocycles. The van der Waals surface area contributed by atoms with E-state index in [0.717, 1.165) is 5.69 Å². The molecule has 0 bridgehead atoms. The number of aliphatic imine (C=N–C) groups is 1. The van der Waals surface area contributed by atoms with Gasteiger partial charge in [-0.1, -0.05) is 12.1 Å². The smallest absolute Gasteiger partial charge is 0.0761 e. The molecule has 0 amide bonds. The molecule has 0 spiro atoms. The van der Waals surface area contributed by atoms with Crippen molar-refractivity contribution in [1.82, 2.24) is 0 Å². The molecule has 1 aromatic rings. The zero-order chi connectivity index (χ0) is 8.10. The summed E-state index contributed by atoms with van der Waals surface area (Å²) in [5.41, 5.74) is 1.06. The fraction of sp³-hybridized carbons (Fsp3) is 0.222. The van der Waals surface area contributed by atoms with Crippen molar-refractivity contribution < 1.29 is 0 Å². The van der Waals surface area contributed by atoms with Gasteiger partial charge in [-0.3, -0.25) is 4.99 Å². The van der Waals surface area contributed by atoms with Gasteiger partial charge in [0.2, 0.25) is 0 Å². The van der Waals surface area contributed by atoms with E-state index in [1.807, 2.05) is 31.3 Å². The van der Waals surface area contributed by atoms with E-state index in [1.165, 1.54) is 4.90 Å². The molecule has 0 radical (unpaired) electrons. The minimum absolute atomic E-state index is 1.06. The van der Waals surface area contributed by atoms with Gasteiger partial charge in [0, 0.05) is 11.1 Å². The lowest BCUT2D eigenvalue weighted by Gasteiger charge is -1.99. The van der Waals surface area contributed by atoms with Crippen LogP contribution in [0.5, 0.6) is 0 Å². The zero-order valence-corrected chi connectivity index (χ0v) is 7.56. The summed E-state index contributed by atoms with van der Waals surface area (Å²) >= 11 is 1.72. The van der Waals surface area contributed by atoms with Crippen LogP contribution in [0.15, 0.2) is 34.2 Å². The highest BCUT2D eigenvalue weighted by Crippen LogP contribution is 2.26. The Bertz CT molecular complexity index is 255. The van der Waals surface area contributed by atoms with Crippen LogP contribution in [0.3, 0.4) is 0 Å². The molecule has 58 valence electrons.